The van der Waals surface area contributed by atoms with Crippen molar-refractivity contribution in [2.24, 2.45) is 0 Å². The third kappa shape index (κ3) is 7.76. The van der Waals surface area contributed by atoms with Crippen LogP contribution in [0, 0.1) is 0 Å². The average Bonchev–Trinajstić information content (AvgIpc) is 3.40. The van der Waals surface area contributed by atoms with Gasteiger partial charge in [0.15, 0.2) is 0 Å². The number of halogens is 1. The summed E-state index contributed by atoms with van der Waals surface area (Å²) in [6.45, 7) is 0.506. The van der Waals surface area contributed by atoms with E-state index in [1.165, 1.54) is 0 Å². The summed E-state index contributed by atoms with van der Waals surface area (Å²) in [5.41, 5.74) is 5.44. The molecule has 0 aliphatic rings. The standard InChI is InChI=1S/C32H29ClN2O5S/c33-28-13-9-23(10-14-28)27(19-22-5-7-25(8-6-22)32(36)34-17-18-41(37,38)39)21-35-29-15-11-24(12-16-29)31-20-26-3-1-2-4-30(26)40-31/h1-16,20,27,35H,17-19,21H2,(H,34,36)(H,37,38,39). The molecule has 1 heterocycles. The van der Waals surface area contributed by atoms with Crippen LogP contribution in [0.1, 0.15) is 27.4 Å². The normalized spacial score (nSPS) is 12.2. The fourth-order valence-electron chi connectivity index (χ4n) is 4.63. The number of carbonyl (C=O) groups is 1. The topological polar surface area (TPSA) is 109 Å². The van der Waals surface area contributed by atoms with Gasteiger partial charge in [0, 0.05) is 46.2 Å². The van der Waals surface area contributed by atoms with Gasteiger partial charge < -0.3 is 15.1 Å². The maximum atomic E-state index is 12.3. The van der Waals surface area contributed by atoms with Gasteiger partial charge in [-0.3, -0.25) is 9.35 Å². The van der Waals surface area contributed by atoms with Gasteiger partial charge in [-0.2, -0.15) is 8.42 Å². The molecule has 0 aliphatic carbocycles. The molecule has 0 bridgehead atoms. The van der Waals surface area contributed by atoms with Crippen molar-refractivity contribution in [3.05, 3.63) is 125 Å². The number of rotatable bonds is 11. The van der Waals surface area contributed by atoms with Crippen LogP contribution in [0.5, 0.6) is 0 Å². The highest BCUT2D eigenvalue weighted by molar-refractivity contribution is 7.85. The van der Waals surface area contributed by atoms with Gasteiger partial charge in [-0.1, -0.05) is 54.1 Å². The Morgan fingerprint density at radius 3 is 2.29 bits per heavy atom. The van der Waals surface area contributed by atoms with E-state index in [1.54, 1.807) is 12.1 Å². The summed E-state index contributed by atoms with van der Waals surface area (Å²) in [5.74, 6) is 0.0150. The van der Waals surface area contributed by atoms with Gasteiger partial charge in [0.05, 0.1) is 5.75 Å². The fourth-order valence-corrected chi connectivity index (χ4v) is 5.12. The maximum absolute atomic E-state index is 12.3. The van der Waals surface area contributed by atoms with E-state index in [0.29, 0.717) is 17.1 Å². The predicted octanol–water partition coefficient (Wildman–Crippen LogP) is 6.81. The van der Waals surface area contributed by atoms with Crippen LogP contribution >= 0.6 is 11.6 Å². The monoisotopic (exact) mass is 588 g/mol. The van der Waals surface area contributed by atoms with Gasteiger partial charge in [0.25, 0.3) is 16.0 Å². The summed E-state index contributed by atoms with van der Waals surface area (Å²) in [6, 6.07) is 33.2. The highest BCUT2D eigenvalue weighted by atomic mass is 35.5. The summed E-state index contributed by atoms with van der Waals surface area (Å²) < 4.78 is 36.6. The number of amides is 1. The second-order valence-electron chi connectivity index (χ2n) is 9.80. The van der Waals surface area contributed by atoms with Crippen LogP contribution in [0.25, 0.3) is 22.3 Å². The molecule has 1 amide bonds. The second kappa shape index (κ2) is 12.6. The van der Waals surface area contributed by atoms with Gasteiger partial charge in [0.1, 0.15) is 11.3 Å². The van der Waals surface area contributed by atoms with E-state index in [4.69, 9.17) is 20.6 Å². The summed E-state index contributed by atoms with van der Waals surface area (Å²) in [5, 5.41) is 7.79. The summed E-state index contributed by atoms with van der Waals surface area (Å²) >= 11 is 6.14. The van der Waals surface area contributed by atoms with Crippen LogP contribution in [0.2, 0.25) is 5.02 Å². The molecule has 0 radical (unpaired) electrons. The Morgan fingerprint density at radius 1 is 0.902 bits per heavy atom. The molecule has 1 atom stereocenters. The number of furan rings is 1. The number of para-hydroxylation sites is 1. The quantitative estimate of drug-likeness (QED) is 0.146. The zero-order chi connectivity index (χ0) is 28.8. The highest BCUT2D eigenvalue weighted by Crippen LogP contribution is 2.29. The Labute approximate surface area is 243 Å². The van der Waals surface area contributed by atoms with E-state index in [9.17, 15) is 13.2 Å². The molecule has 41 heavy (non-hydrogen) atoms. The van der Waals surface area contributed by atoms with E-state index < -0.39 is 21.8 Å². The lowest BCUT2D eigenvalue weighted by molar-refractivity contribution is 0.0956. The first-order valence-electron chi connectivity index (χ1n) is 13.1. The Hall–Kier alpha value is -4.11. The SMILES string of the molecule is O=C(NCCS(=O)(=O)O)c1ccc(CC(CNc2ccc(-c3cc4ccccc4o3)cc2)c2ccc(Cl)cc2)cc1. The summed E-state index contributed by atoms with van der Waals surface area (Å²) in [6.07, 6.45) is 0.719. The predicted molar refractivity (Wildman–Crippen MR) is 163 cm³/mol. The Kier molecular flexibility index (Phi) is 8.73. The zero-order valence-electron chi connectivity index (χ0n) is 22.1. The van der Waals surface area contributed by atoms with Gasteiger partial charge in [-0.05, 0) is 78.2 Å². The fraction of sp³-hybridized carbons (Fsp3) is 0.156. The number of hydrogen-bond donors (Lipinski definition) is 3. The number of nitrogens with one attached hydrogen (secondary N) is 2. The molecular formula is C32H29ClN2O5S. The van der Waals surface area contributed by atoms with E-state index >= 15 is 0 Å². The van der Waals surface area contributed by atoms with Crippen molar-refractivity contribution in [1.82, 2.24) is 5.32 Å². The minimum absolute atomic E-state index is 0.122. The van der Waals surface area contributed by atoms with Crippen molar-refractivity contribution >= 4 is 44.3 Å². The minimum Gasteiger partial charge on any atom is -0.456 e. The molecule has 0 saturated carbocycles. The van der Waals surface area contributed by atoms with E-state index in [0.717, 1.165) is 45.5 Å². The zero-order valence-corrected chi connectivity index (χ0v) is 23.7. The Bertz CT molecular complexity index is 1700. The Morgan fingerprint density at radius 2 is 1.61 bits per heavy atom. The third-order valence-corrected chi connectivity index (χ3v) is 7.80. The van der Waals surface area contributed by atoms with Crippen LogP contribution in [0.3, 0.4) is 0 Å². The number of anilines is 1. The first kappa shape index (κ1) is 28.4. The maximum Gasteiger partial charge on any atom is 0.266 e. The summed E-state index contributed by atoms with van der Waals surface area (Å²) in [4.78, 5) is 12.3. The third-order valence-electron chi connectivity index (χ3n) is 6.83. The molecule has 3 N–H and O–H groups in total. The molecule has 0 saturated heterocycles. The molecule has 4 aromatic carbocycles. The van der Waals surface area contributed by atoms with Gasteiger partial charge in [-0.15, -0.1) is 0 Å². The number of hydrogen-bond acceptors (Lipinski definition) is 5. The van der Waals surface area contributed by atoms with E-state index in [-0.39, 0.29) is 12.5 Å². The molecule has 0 aliphatic heterocycles. The summed E-state index contributed by atoms with van der Waals surface area (Å²) in [7, 11) is -4.13. The lowest BCUT2D eigenvalue weighted by Gasteiger charge is -2.20. The van der Waals surface area contributed by atoms with Crippen molar-refractivity contribution in [2.45, 2.75) is 12.3 Å². The molecule has 0 spiro atoms. The van der Waals surface area contributed by atoms with Gasteiger partial charge in [-0.25, -0.2) is 0 Å². The molecule has 1 aromatic heterocycles. The van der Waals surface area contributed by atoms with Crippen LogP contribution in [-0.4, -0.2) is 37.7 Å². The van der Waals surface area contributed by atoms with Crippen molar-refractivity contribution in [1.29, 1.82) is 0 Å². The van der Waals surface area contributed by atoms with Crippen LogP contribution in [0.4, 0.5) is 5.69 Å². The van der Waals surface area contributed by atoms with Gasteiger partial charge >= 0.3 is 0 Å². The van der Waals surface area contributed by atoms with Crippen LogP contribution < -0.4 is 10.6 Å². The average molecular weight is 589 g/mol. The molecule has 5 aromatic rings. The van der Waals surface area contributed by atoms with Gasteiger partial charge in [0.2, 0.25) is 0 Å². The molecule has 7 nitrogen and oxygen atoms in total. The molecular weight excluding hydrogens is 560 g/mol. The molecule has 210 valence electrons. The molecule has 1 unspecified atom stereocenters. The highest BCUT2D eigenvalue weighted by Gasteiger charge is 2.15. The van der Waals surface area contributed by atoms with Crippen molar-refractivity contribution in [3.8, 4) is 11.3 Å². The largest absolute Gasteiger partial charge is 0.456 e. The second-order valence-corrected chi connectivity index (χ2v) is 11.8. The number of carbonyl (C=O) groups excluding carboxylic acids is 1. The molecule has 5 rings (SSSR count). The van der Waals surface area contributed by atoms with Crippen molar-refractivity contribution < 1.29 is 22.2 Å². The number of fused-ring (bicyclic) bond motifs is 1. The Balaban J connectivity index is 1.25. The lowest BCUT2D eigenvalue weighted by atomic mass is 9.91. The lowest BCUT2D eigenvalue weighted by Crippen LogP contribution is -2.28. The van der Waals surface area contributed by atoms with Crippen molar-refractivity contribution in [2.75, 3.05) is 24.2 Å². The molecule has 9 heteroatoms. The first-order valence-corrected chi connectivity index (χ1v) is 15.1. The van der Waals surface area contributed by atoms with E-state index in [1.807, 2.05) is 91.0 Å². The smallest absolute Gasteiger partial charge is 0.266 e. The van der Waals surface area contributed by atoms with Crippen LogP contribution in [-0.2, 0) is 16.5 Å². The first-order chi connectivity index (χ1) is 19.7. The van der Waals surface area contributed by atoms with Crippen LogP contribution in [0.15, 0.2) is 108 Å². The molecule has 0 fully saturated rings. The minimum atomic E-state index is -4.13. The van der Waals surface area contributed by atoms with E-state index in [2.05, 4.69) is 10.6 Å². The number of benzene rings is 4. The van der Waals surface area contributed by atoms with Crippen molar-refractivity contribution in [3.63, 3.8) is 0 Å².